The SMILES string of the molecule is Bc1ccccc1-c1nccc(N2CCN(C(=O)OCC(C)C)CC2)n1. The molecule has 0 atom stereocenters. The van der Waals surface area contributed by atoms with Crippen LogP contribution in [0.15, 0.2) is 36.5 Å². The van der Waals surface area contributed by atoms with E-state index in [1.165, 1.54) is 0 Å². The van der Waals surface area contributed by atoms with Crippen molar-refractivity contribution in [3.63, 3.8) is 0 Å². The molecule has 0 spiro atoms. The van der Waals surface area contributed by atoms with Crippen molar-refractivity contribution < 1.29 is 9.53 Å². The first kappa shape index (κ1) is 18.2. The lowest BCUT2D eigenvalue weighted by atomic mass is 9.90. The predicted molar refractivity (Wildman–Crippen MR) is 106 cm³/mol. The highest BCUT2D eigenvalue weighted by atomic mass is 16.6. The van der Waals surface area contributed by atoms with E-state index in [0.717, 1.165) is 35.8 Å². The molecule has 7 heteroatoms. The molecule has 1 saturated heterocycles. The highest BCUT2D eigenvalue weighted by Gasteiger charge is 2.23. The number of piperazine rings is 1. The van der Waals surface area contributed by atoms with Gasteiger partial charge < -0.3 is 14.5 Å². The molecule has 0 aliphatic carbocycles. The number of aromatic nitrogens is 2. The van der Waals surface area contributed by atoms with Gasteiger partial charge in [-0.3, -0.25) is 0 Å². The van der Waals surface area contributed by atoms with E-state index in [0.29, 0.717) is 25.6 Å². The molecule has 0 unspecified atom stereocenters. The van der Waals surface area contributed by atoms with Crippen LogP contribution >= 0.6 is 0 Å². The van der Waals surface area contributed by atoms with Crippen molar-refractivity contribution in [1.29, 1.82) is 0 Å². The third kappa shape index (κ3) is 4.34. The van der Waals surface area contributed by atoms with Crippen LogP contribution in [0, 0.1) is 5.92 Å². The van der Waals surface area contributed by atoms with Crippen molar-refractivity contribution in [2.75, 3.05) is 37.7 Å². The summed E-state index contributed by atoms with van der Waals surface area (Å²) in [5.41, 5.74) is 2.20. The zero-order valence-electron chi connectivity index (χ0n) is 15.7. The summed E-state index contributed by atoms with van der Waals surface area (Å²) in [4.78, 5) is 25.2. The highest BCUT2D eigenvalue weighted by Crippen LogP contribution is 2.18. The molecular weight excluding hydrogens is 327 g/mol. The van der Waals surface area contributed by atoms with Gasteiger partial charge in [-0.2, -0.15) is 0 Å². The Kier molecular flexibility index (Phi) is 5.76. The lowest BCUT2D eigenvalue weighted by molar-refractivity contribution is 0.0901. The first-order valence-electron chi connectivity index (χ1n) is 9.10. The maximum Gasteiger partial charge on any atom is 0.409 e. The number of amides is 1. The maximum absolute atomic E-state index is 12.1. The summed E-state index contributed by atoms with van der Waals surface area (Å²) in [5, 5.41) is 0. The molecule has 2 aromatic rings. The molecule has 0 radical (unpaired) electrons. The average molecular weight is 352 g/mol. The molecule has 3 rings (SSSR count). The van der Waals surface area contributed by atoms with Crippen LogP contribution in [-0.2, 0) is 4.74 Å². The zero-order valence-corrected chi connectivity index (χ0v) is 15.7. The summed E-state index contributed by atoms with van der Waals surface area (Å²) in [7, 11) is 2.06. The molecule has 0 N–H and O–H groups in total. The van der Waals surface area contributed by atoms with Gasteiger partial charge in [0.15, 0.2) is 5.82 Å². The molecule has 0 bridgehead atoms. The van der Waals surface area contributed by atoms with E-state index >= 15 is 0 Å². The van der Waals surface area contributed by atoms with Gasteiger partial charge in [0.2, 0.25) is 0 Å². The van der Waals surface area contributed by atoms with Crippen molar-refractivity contribution in [2.45, 2.75) is 13.8 Å². The Hall–Kier alpha value is -2.57. The van der Waals surface area contributed by atoms with Crippen LogP contribution in [0.3, 0.4) is 0 Å². The highest BCUT2D eigenvalue weighted by molar-refractivity contribution is 6.35. The van der Waals surface area contributed by atoms with E-state index in [-0.39, 0.29) is 6.09 Å². The van der Waals surface area contributed by atoms with Gasteiger partial charge >= 0.3 is 6.09 Å². The Balaban J connectivity index is 1.64. The van der Waals surface area contributed by atoms with Crippen LogP contribution in [0.5, 0.6) is 0 Å². The average Bonchev–Trinajstić information content (AvgIpc) is 2.66. The summed E-state index contributed by atoms with van der Waals surface area (Å²) in [5.74, 6) is 1.98. The lowest BCUT2D eigenvalue weighted by Gasteiger charge is -2.34. The smallest absolute Gasteiger partial charge is 0.409 e. The largest absolute Gasteiger partial charge is 0.449 e. The summed E-state index contributed by atoms with van der Waals surface area (Å²) < 4.78 is 5.32. The number of carbonyl (C=O) groups excluding carboxylic acids is 1. The van der Waals surface area contributed by atoms with E-state index in [1.54, 1.807) is 11.1 Å². The fraction of sp³-hybridized carbons (Fsp3) is 0.421. The number of anilines is 1. The van der Waals surface area contributed by atoms with Gasteiger partial charge in [-0.1, -0.05) is 43.6 Å². The monoisotopic (exact) mass is 352 g/mol. The van der Waals surface area contributed by atoms with E-state index in [4.69, 9.17) is 9.72 Å². The van der Waals surface area contributed by atoms with Crippen molar-refractivity contribution in [3.05, 3.63) is 36.5 Å². The number of benzene rings is 1. The van der Waals surface area contributed by atoms with Gasteiger partial charge in [0.25, 0.3) is 0 Å². The first-order valence-corrected chi connectivity index (χ1v) is 9.10. The normalized spacial score (nSPS) is 14.6. The molecular formula is C19H25BN4O2. The van der Waals surface area contributed by atoms with E-state index < -0.39 is 0 Å². The zero-order chi connectivity index (χ0) is 18.5. The van der Waals surface area contributed by atoms with Crippen molar-refractivity contribution in [3.8, 4) is 11.4 Å². The molecule has 2 heterocycles. The number of hydrogen-bond acceptors (Lipinski definition) is 5. The number of carbonyl (C=O) groups is 1. The second kappa shape index (κ2) is 8.21. The molecule has 26 heavy (non-hydrogen) atoms. The molecule has 6 nitrogen and oxygen atoms in total. The lowest BCUT2D eigenvalue weighted by Crippen LogP contribution is -2.49. The molecule has 1 aromatic carbocycles. The molecule has 0 saturated carbocycles. The summed E-state index contributed by atoms with van der Waals surface area (Å²) >= 11 is 0. The van der Waals surface area contributed by atoms with E-state index in [2.05, 4.69) is 23.8 Å². The maximum atomic E-state index is 12.1. The topological polar surface area (TPSA) is 58.6 Å². The minimum Gasteiger partial charge on any atom is -0.449 e. The van der Waals surface area contributed by atoms with Crippen LogP contribution in [-0.4, -0.2) is 61.6 Å². The Bertz CT molecular complexity index is 761. The number of ether oxygens (including phenoxy) is 1. The van der Waals surface area contributed by atoms with E-state index in [1.807, 2.05) is 38.1 Å². The van der Waals surface area contributed by atoms with Crippen molar-refractivity contribution in [2.24, 2.45) is 5.92 Å². The quantitative estimate of drug-likeness (QED) is 0.777. The van der Waals surface area contributed by atoms with E-state index in [9.17, 15) is 4.79 Å². The Morgan fingerprint density at radius 1 is 1.19 bits per heavy atom. The van der Waals surface area contributed by atoms with Gasteiger partial charge in [-0.05, 0) is 12.0 Å². The molecule has 1 fully saturated rings. The number of rotatable bonds is 4. The van der Waals surface area contributed by atoms with Crippen LogP contribution in [0.2, 0.25) is 0 Å². The molecule has 1 aliphatic heterocycles. The number of hydrogen-bond donors (Lipinski definition) is 0. The van der Waals surface area contributed by atoms with Crippen molar-refractivity contribution in [1.82, 2.24) is 14.9 Å². The number of nitrogens with zero attached hydrogens (tertiary/aromatic N) is 4. The minimum atomic E-state index is -0.221. The second-order valence-corrected chi connectivity index (χ2v) is 7.00. The molecule has 136 valence electrons. The van der Waals surface area contributed by atoms with Crippen LogP contribution in [0.4, 0.5) is 10.6 Å². The summed E-state index contributed by atoms with van der Waals surface area (Å²) in [6.45, 7) is 7.28. The van der Waals surface area contributed by atoms with Gasteiger partial charge in [0, 0.05) is 37.9 Å². The van der Waals surface area contributed by atoms with Crippen LogP contribution in [0.25, 0.3) is 11.4 Å². The standard InChI is InChI=1S/C19H25BN4O2/c1-14(2)13-26-19(25)24-11-9-23(10-12-24)17-7-8-21-18(22-17)15-5-3-4-6-16(15)20/h3-8,14H,9-13,20H2,1-2H3. The van der Waals surface area contributed by atoms with Crippen molar-refractivity contribution >= 4 is 25.2 Å². The molecule has 1 aromatic heterocycles. The third-order valence-corrected chi connectivity index (χ3v) is 4.43. The van der Waals surface area contributed by atoms with Gasteiger partial charge in [0.05, 0.1) is 6.61 Å². The Morgan fingerprint density at radius 2 is 1.92 bits per heavy atom. The Morgan fingerprint density at radius 3 is 2.62 bits per heavy atom. The van der Waals surface area contributed by atoms with Crippen LogP contribution < -0.4 is 10.4 Å². The van der Waals surface area contributed by atoms with Crippen LogP contribution in [0.1, 0.15) is 13.8 Å². The summed E-state index contributed by atoms with van der Waals surface area (Å²) in [6, 6.07) is 10.0. The fourth-order valence-corrected chi connectivity index (χ4v) is 2.93. The Labute approximate surface area is 155 Å². The predicted octanol–water partition coefficient (Wildman–Crippen LogP) is 1.32. The first-order chi connectivity index (χ1) is 12.5. The molecule has 1 aliphatic rings. The second-order valence-electron chi connectivity index (χ2n) is 7.00. The van der Waals surface area contributed by atoms with Gasteiger partial charge in [-0.15, -0.1) is 0 Å². The minimum absolute atomic E-state index is 0.221. The summed E-state index contributed by atoms with van der Waals surface area (Å²) in [6.07, 6.45) is 1.58. The molecule has 1 amide bonds. The van der Waals surface area contributed by atoms with Gasteiger partial charge in [0.1, 0.15) is 13.7 Å². The van der Waals surface area contributed by atoms with Gasteiger partial charge in [-0.25, -0.2) is 14.8 Å². The fourth-order valence-electron chi connectivity index (χ4n) is 2.93. The third-order valence-electron chi connectivity index (χ3n) is 4.43.